The number of rotatable bonds is 9. The molecule has 0 saturated carbocycles. The molecule has 0 radical (unpaired) electrons. The number of carbonyl (C=O) groups excluding carboxylic acids is 2. The molecule has 0 aliphatic heterocycles. The van der Waals surface area contributed by atoms with Gasteiger partial charge >= 0.3 is 0 Å². The van der Waals surface area contributed by atoms with E-state index >= 15 is 0 Å². The van der Waals surface area contributed by atoms with Crippen LogP contribution >= 0.6 is 11.6 Å². The van der Waals surface area contributed by atoms with Gasteiger partial charge < -0.3 is 10.2 Å². The van der Waals surface area contributed by atoms with E-state index in [2.05, 4.69) is 5.32 Å². The van der Waals surface area contributed by atoms with Crippen molar-refractivity contribution in [2.24, 2.45) is 0 Å². The van der Waals surface area contributed by atoms with Gasteiger partial charge in [-0.2, -0.15) is 0 Å². The van der Waals surface area contributed by atoms with Gasteiger partial charge in [-0.3, -0.25) is 9.59 Å². The number of nitrogens with one attached hydrogen (secondary N) is 1. The van der Waals surface area contributed by atoms with Gasteiger partial charge in [0.25, 0.3) is 0 Å². The first-order valence-electron chi connectivity index (χ1n) is 9.24. The van der Waals surface area contributed by atoms with Crippen molar-refractivity contribution in [3.8, 4) is 0 Å². The van der Waals surface area contributed by atoms with Crippen LogP contribution in [0.4, 0.5) is 18.9 Å². The van der Waals surface area contributed by atoms with Gasteiger partial charge in [-0.1, -0.05) is 18.5 Å². The van der Waals surface area contributed by atoms with Crippen LogP contribution in [-0.2, 0) is 19.4 Å². The molecule has 0 saturated heterocycles. The molecule has 2 rings (SSSR count). The highest BCUT2D eigenvalue weighted by molar-refractivity contribution is 7.91. The predicted molar refractivity (Wildman–Crippen MR) is 110 cm³/mol. The minimum atomic E-state index is -3.75. The summed E-state index contributed by atoms with van der Waals surface area (Å²) in [5.41, 5.74) is -0.571. The molecule has 2 amide bonds. The Morgan fingerprint density at radius 1 is 1.03 bits per heavy atom. The Morgan fingerprint density at radius 2 is 1.68 bits per heavy atom. The highest BCUT2D eigenvalue weighted by Gasteiger charge is 2.22. The van der Waals surface area contributed by atoms with Gasteiger partial charge in [0, 0.05) is 18.0 Å². The topological polar surface area (TPSA) is 83.6 Å². The number of carbonyl (C=O) groups is 2. The van der Waals surface area contributed by atoms with Gasteiger partial charge in [-0.15, -0.1) is 0 Å². The van der Waals surface area contributed by atoms with Gasteiger partial charge in [-0.25, -0.2) is 21.6 Å². The average molecular weight is 477 g/mol. The van der Waals surface area contributed by atoms with Crippen LogP contribution in [0.2, 0.25) is 5.02 Å². The number of anilines is 1. The Kier molecular flexibility index (Phi) is 8.46. The van der Waals surface area contributed by atoms with Crippen LogP contribution < -0.4 is 5.32 Å². The molecule has 2 aromatic rings. The van der Waals surface area contributed by atoms with Crippen molar-refractivity contribution < 1.29 is 31.2 Å². The molecule has 168 valence electrons. The second kappa shape index (κ2) is 10.6. The Morgan fingerprint density at radius 3 is 2.29 bits per heavy atom. The van der Waals surface area contributed by atoms with Crippen LogP contribution in [-0.4, -0.2) is 44.0 Å². The number of amides is 2. The first-order chi connectivity index (χ1) is 14.5. The van der Waals surface area contributed by atoms with Crippen LogP contribution in [0.5, 0.6) is 0 Å². The Bertz CT molecular complexity index is 1060. The maximum atomic E-state index is 13.7. The van der Waals surface area contributed by atoms with Gasteiger partial charge in [0.2, 0.25) is 11.8 Å². The number of hydrogen-bond donors (Lipinski definition) is 1. The van der Waals surface area contributed by atoms with E-state index in [1.54, 1.807) is 6.92 Å². The molecule has 0 spiro atoms. The fraction of sp³-hybridized carbons (Fsp3) is 0.300. The highest BCUT2D eigenvalue weighted by Crippen LogP contribution is 2.20. The van der Waals surface area contributed by atoms with Crippen molar-refractivity contribution in [1.82, 2.24) is 4.90 Å². The lowest BCUT2D eigenvalue weighted by Gasteiger charge is -2.22. The normalized spacial score (nSPS) is 11.3. The SMILES string of the molecule is CCCN(CC(=O)Nc1ccc(F)c(F)c1F)C(=O)CCS(=O)(=O)c1ccc(Cl)cc1. The lowest BCUT2D eigenvalue weighted by molar-refractivity contribution is -0.134. The van der Waals surface area contributed by atoms with Crippen LogP contribution in [0, 0.1) is 17.5 Å². The molecule has 2 aromatic carbocycles. The fourth-order valence-electron chi connectivity index (χ4n) is 2.69. The third-order valence-electron chi connectivity index (χ3n) is 4.25. The lowest BCUT2D eigenvalue weighted by Crippen LogP contribution is -2.39. The van der Waals surface area contributed by atoms with E-state index in [1.807, 2.05) is 0 Å². The van der Waals surface area contributed by atoms with Crippen molar-refractivity contribution >= 4 is 38.9 Å². The first kappa shape index (κ1) is 24.7. The Labute approximate surface area is 182 Å². The third-order valence-corrected chi connectivity index (χ3v) is 6.23. The summed E-state index contributed by atoms with van der Waals surface area (Å²) < 4.78 is 64.8. The molecular formula is C20H20ClF3N2O4S. The van der Waals surface area contributed by atoms with Crippen molar-refractivity contribution in [1.29, 1.82) is 0 Å². The number of halogens is 4. The quantitative estimate of drug-likeness (QED) is 0.558. The molecule has 31 heavy (non-hydrogen) atoms. The van der Waals surface area contributed by atoms with E-state index in [9.17, 15) is 31.2 Å². The molecular weight excluding hydrogens is 457 g/mol. The molecule has 0 atom stereocenters. The van der Waals surface area contributed by atoms with Crippen LogP contribution in [0.25, 0.3) is 0 Å². The third kappa shape index (κ3) is 6.70. The monoisotopic (exact) mass is 476 g/mol. The summed E-state index contributed by atoms with van der Waals surface area (Å²) in [6.45, 7) is 1.39. The predicted octanol–water partition coefficient (Wildman–Crippen LogP) is 3.80. The van der Waals surface area contributed by atoms with Crippen molar-refractivity contribution in [2.45, 2.75) is 24.7 Å². The minimum Gasteiger partial charge on any atom is -0.333 e. The summed E-state index contributed by atoms with van der Waals surface area (Å²) in [5, 5.41) is 2.45. The van der Waals surface area contributed by atoms with E-state index in [1.165, 1.54) is 24.3 Å². The van der Waals surface area contributed by atoms with Crippen molar-refractivity contribution in [3.63, 3.8) is 0 Å². The van der Waals surface area contributed by atoms with Gasteiger partial charge in [0.05, 0.1) is 22.9 Å². The van der Waals surface area contributed by atoms with Crippen molar-refractivity contribution in [2.75, 3.05) is 24.2 Å². The summed E-state index contributed by atoms with van der Waals surface area (Å²) >= 11 is 5.74. The molecule has 0 aromatic heterocycles. The molecule has 6 nitrogen and oxygen atoms in total. The van der Waals surface area contributed by atoms with Gasteiger partial charge in [-0.05, 0) is 42.8 Å². The number of nitrogens with zero attached hydrogens (tertiary/aromatic N) is 1. The summed E-state index contributed by atoms with van der Waals surface area (Å²) in [6.07, 6.45) is 0.0975. The minimum absolute atomic E-state index is 0.0123. The molecule has 0 fully saturated rings. The fourth-order valence-corrected chi connectivity index (χ4v) is 4.04. The largest absolute Gasteiger partial charge is 0.333 e. The lowest BCUT2D eigenvalue weighted by atomic mass is 10.2. The second-order valence-corrected chi connectivity index (χ2v) is 9.15. The number of hydrogen-bond acceptors (Lipinski definition) is 4. The summed E-state index contributed by atoms with van der Waals surface area (Å²) in [5.74, 6) is -6.61. The van der Waals surface area contributed by atoms with Gasteiger partial charge in [0.1, 0.15) is 0 Å². The molecule has 0 aliphatic carbocycles. The molecule has 0 bridgehead atoms. The summed E-state index contributed by atoms with van der Waals surface area (Å²) in [6, 6.07) is 7.01. The molecule has 1 N–H and O–H groups in total. The zero-order valence-electron chi connectivity index (χ0n) is 16.5. The van der Waals surface area contributed by atoms with E-state index in [4.69, 9.17) is 11.6 Å². The van der Waals surface area contributed by atoms with E-state index in [-0.39, 0.29) is 17.9 Å². The zero-order chi connectivity index (χ0) is 23.2. The standard InChI is InChI=1S/C20H20ClF3N2O4S/c1-2-10-26(12-17(27)25-16-8-7-15(22)19(23)20(16)24)18(28)9-11-31(29,30)14-5-3-13(21)4-6-14/h3-8H,2,9-12H2,1H3,(H,25,27). The van der Waals surface area contributed by atoms with Crippen LogP contribution in [0.15, 0.2) is 41.3 Å². The molecule has 11 heteroatoms. The Balaban J connectivity index is 2.02. The van der Waals surface area contributed by atoms with E-state index < -0.39 is 57.1 Å². The zero-order valence-corrected chi connectivity index (χ0v) is 18.1. The Hall–Kier alpha value is -2.59. The number of benzene rings is 2. The number of sulfone groups is 1. The van der Waals surface area contributed by atoms with Crippen LogP contribution in [0.3, 0.4) is 0 Å². The second-order valence-electron chi connectivity index (χ2n) is 6.61. The smallest absolute Gasteiger partial charge is 0.244 e. The van der Waals surface area contributed by atoms with Crippen LogP contribution in [0.1, 0.15) is 19.8 Å². The summed E-state index contributed by atoms with van der Waals surface area (Å²) in [4.78, 5) is 25.8. The molecule has 0 heterocycles. The van der Waals surface area contributed by atoms with Gasteiger partial charge in [0.15, 0.2) is 27.3 Å². The maximum Gasteiger partial charge on any atom is 0.244 e. The average Bonchev–Trinajstić information content (AvgIpc) is 2.72. The summed E-state index contributed by atoms with van der Waals surface area (Å²) in [7, 11) is -3.75. The van der Waals surface area contributed by atoms with E-state index in [0.717, 1.165) is 11.0 Å². The van der Waals surface area contributed by atoms with E-state index in [0.29, 0.717) is 17.5 Å². The molecule has 0 aliphatic rings. The first-order valence-corrected chi connectivity index (χ1v) is 11.3. The maximum absolute atomic E-state index is 13.7. The highest BCUT2D eigenvalue weighted by atomic mass is 35.5. The van der Waals surface area contributed by atoms with Crippen molar-refractivity contribution in [3.05, 3.63) is 58.9 Å². The molecule has 0 unspecified atom stereocenters.